The topological polar surface area (TPSA) is 35.2 Å². The van der Waals surface area contributed by atoms with E-state index in [0.29, 0.717) is 12.0 Å². The van der Waals surface area contributed by atoms with Gasteiger partial charge < -0.3 is 10.5 Å². The van der Waals surface area contributed by atoms with Crippen molar-refractivity contribution < 1.29 is 9.13 Å². The molecule has 0 spiro atoms. The van der Waals surface area contributed by atoms with Crippen molar-refractivity contribution in [2.75, 3.05) is 7.11 Å². The molecule has 0 radical (unpaired) electrons. The maximum atomic E-state index is 13.5. The van der Waals surface area contributed by atoms with E-state index in [9.17, 15) is 4.39 Å². The molecule has 2 nitrogen and oxygen atoms in total. The molecule has 3 heteroatoms. The van der Waals surface area contributed by atoms with Gasteiger partial charge in [-0.25, -0.2) is 4.39 Å². The Morgan fingerprint density at radius 1 is 1.54 bits per heavy atom. The number of hydrogen-bond acceptors (Lipinski definition) is 2. The van der Waals surface area contributed by atoms with Crippen LogP contribution >= 0.6 is 0 Å². The Morgan fingerprint density at radius 2 is 2.23 bits per heavy atom. The number of ether oxygens (including phenoxy) is 1. The minimum atomic E-state index is -0.348. The third-order valence-electron chi connectivity index (χ3n) is 2.05. The number of nitrogens with two attached hydrogens (primary N) is 1. The van der Waals surface area contributed by atoms with Crippen molar-refractivity contribution in [2.45, 2.75) is 19.4 Å². The van der Waals surface area contributed by atoms with Gasteiger partial charge in [0.1, 0.15) is 0 Å². The summed E-state index contributed by atoms with van der Waals surface area (Å²) >= 11 is 0. The summed E-state index contributed by atoms with van der Waals surface area (Å²) < 4.78 is 18.4. The van der Waals surface area contributed by atoms with Crippen molar-refractivity contribution in [1.82, 2.24) is 0 Å². The van der Waals surface area contributed by atoms with Gasteiger partial charge in [-0.05, 0) is 12.5 Å². The zero-order valence-electron chi connectivity index (χ0n) is 7.88. The van der Waals surface area contributed by atoms with Crippen molar-refractivity contribution in [3.8, 4) is 5.75 Å². The quantitative estimate of drug-likeness (QED) is 0.780. The van der Waals surface area contributed by atoms with Crippen LogP contribution < -0.4 is 10.5 Å². The molecule has 72 valence electrons. The molecule has 0 fully saturated rings. The number of halogens is 1. The fourth-order valence-electron chi connectivity index (χ4n) is 1.19. The van der Waals surface area contributed by atoms with Crippen LogP contribution in [0.15, 0.2) is 18.2 Å². The van der Waals surface area contributed by atoms with Gasteiger partial charge in [-0.15, -0.1) is 0 Å². The summed E-state index contributed by atoms with van der Waals surface area (Å²) in [5, 5.41) is 0. The summed E-state index contributed by atoms with van der Waals surface area (Å²) in [6, 6.07) is 4.76. The Kier molecular flexibility index (Phi) is 3.25. The molecule has 0 amide bonds. The van der Waals surface area contributed by atoms with Crippen LogP contribution in [-0.2, 0) is 0 Å². The van der Waals surface area contributed by atoms with E-state index in [1.54, 1.807) is 18.2 Å². The molecule has 1 unspecified atom stereocenters. The number of methoxy groups -OCH3 is 1. The molecule has 0 aliphatic rings. The van der Waals surface area contributed by atoms with Crippen molar-refractivity contribution in [3.05, 3.63) is 29.6 Å². The Morgan fingerprint density at radius 3 is 2.77 bits per heavy atom. The van der Waals surface area contributed by atoms with Crippen LogP contribution in [0, 0.1) is 5.82 Å². The fraction of sp³-hybridized carbons (Fsp3) is 0.400. The minimum Gasteiger partial charge on any atom is -0.494 e. The van der Waals surface area contributed by atoms with Crippen LogP contribution in [0.5, 0.6) is 5.75 Å². The van der Waals surface area contributed by atoms with Gasteiger partial charge in [0, 0.05) is 11.6 Å². The standard InChI is InChI=1S/C10H14FNO/c1-3-8(12)7-5-4-6-9(13-2)10(7)11/h4-6,8H,3,12H2,1-2H3. The first-order valence-corrected chi connectivity index (χ1v) is 4.28. The maximum Gasteiger partial charge on any atom is 0.169 e. The minimum absolute atomic E-state index is 0.251. The third kappa shape index (κ3) is 1.98. The lowest BCUT2D eigenvalue weighted by atomic mass is 10.0. The molecule has 0 saturated carbocycles. The lowest BCUT2D eigenvalue weighted by molar-refractivity contribution is 0.382. The molecule has 1 rings (SSSR count). The van der Waals surface area contributed by atoms with Crippen LogP contribution in [0.2, 0.25) is 0 Å². The summed E-state index contributed by atoms with van der Waals surface area (Å²) in [7, 11) is 1.44. The second-order valence-corrected chi connectivity index (χ2v) is 2.88. The molecule has 0 bridgehead atoms. The molecule has 1 aromatic rings. The molecular weight excluding hydrogens is 169 g/mol. The zero-order chi connectivity index (χ0) is 9.84. The Balaban J connectivity index is 3.08. The Labute approximate surface area is 77.5 Å². The van der Waals surface area contributed by atoms with Crippen LogP contribution in [-0.4, -0.2) is 7.11 Å². The van der Waals surface area contributed by atoms with E-state index in [2.05, 4.69) is 0 Å². The van der Waals surface area contributed by atoms with Gasteiger partial charge in [-0.1, -0.05) is 19.1 Å². The summed E-state index contributed by atoms with van der Waals surface area (Å²) in [6.07, 6.45) is 0.712. The van der Waals surface area contributed by atoms with E-state index in [1.807, 2.05) is 6.92 Å². The van der Waals surface area contributed by atoms with Crippen molar-refractivity contribution >= 4 is 0 Å². The lowest BCUT2D eigenvalue weighted by Crippen LogP contribution is -2.11. The van der Waals surface area contributed by atoms with Gasteiger partial charge in [0.25, 0.3) is 0 Å². The lowest BCUT2D eigenvalue weighted by Gasteiger charge is -2.12. The van der Waals surface area contributed by atoms with Crippen molar-refractivity contribution in [1.29, 1.82) is 0 Å². The van der Waals surface area contributed by atoms with Crippen LogP contribution in [0.1, 0.15) is 24.9 Å². The molecule has 0 aliphatic heterocycles. The van der Waals surface area contributed by atoms with E-state index in [-0.39, 0.29) is 17.6 Å². The van der Waals surface area contributed by atoms with Gasteiger partial charge in [0.05, 0.1) is 7.11 Å². The molecule has 0 aliphatic carbocycles. The first-order valence-electron chi connectivity index (χ1n) is 4.28. The van der Waals surface area contributed by atoms with Crippen molar-refractivity contribution in [2.24, 2.45) is 5.73 Å². The first kappa shape index (κ1) is 9.99. The third-order valence-corrected chi connectivity index (χ3v) is 2.05. The number of rotatable bonds is 3. The molecule has 1 atom stereocenters. The van der Waals surface area contributed by atoms with E-state index in [0.717, 1.165) is 0 Å². The maximum absolute atomic E-state index is 13.5. The highest BCUT2D eigenvalue weighted by Crippen LogP contribution is 2.24. The molecule has 0 saturated heterocycles. The molecule has 13 heavy (non-hydrogen) atoms. The number of benzene rings is 1. The van der Waals surface area contributed by atoms with Gasteiger partial charge in [0.2, 0.25) is 0 Å². The molecule has 0 heterocycles. The first-order chi connectivity index (χ1) is 6.20. The van der Waals surface area contributed by atoms with E-state index >= 15 is 0 Å². The monoisotopic (exact) mass is 183 g/mol. The van der Waals surface area contributed by atoms with Crippen LogP contribution in [0.25, 0.3) is 0 Å². The highest BCUT2D eigenvalue weighted by molar-refractivity contribution is 5.32. The van der Waals surface area contributed by atoms with Crippen LogP contribution in [0.3, 0.4) is 0 Å². The van der Waals surface area contributed by atoms with E-state index in [4.69, 9.17) is 10.5 Å². The molecule has 1 aromatic carbocycles. The largest absolute Gasteiger partial charge is 0.494 e. The average Bonchev–Trinajstić information content (AvgIpc) is 2.17. The normalized spacial score (nSPS) is 12.6. The van der Waals surface area contributed by atoms with Gasteiger partial charge in [-0.3, -0.25) is 0 Å². The van der Waals surface area contributed by atoms with E-state index < -0.39 is 0 Å². The van der Waals surface area contributed by atoms with Crippen molar-refractivity contribution in [3.63, 3.8) is 0 Å². The predicted octanol–water partition coefficient (Wildman–Crippen LogP) is 2.24. The smallest absolute Gasteiger partial charge is 0.169 e. The fourth-order valence-corrected chi connectivity index (χ4v) is 1.19. The second-order valence-electron chi connectivity index (χ2n) is 2.88. The summed E-state index contributed by atoms with van der Waals surface area (Å²) in [5.41, 5.74) is 6.24. The van der Waals surface area contributed by atoms with E-state index in [1.165, 1.54) is 7.11 Å². The van der Waals surface area contributed by atoms with Crippen LogP contribution in [0.4, 0.5) is 4.39 Å². The Hall–Kier alpha value is -1.09. The molecular formula is C10H14FNO. The Bertz CT molecular complexity index is 288. The number of hydrogen-bond donors (Lipinski definition) is 1. The molecule has 2 N–H and O–H groups in total. The highest BCUT2D eigenvalue weighted by atomic mass is 19.1. The summed E-state index contributed by atoms with van der Waals surface area (Å²) in [4.78, 5) is 0. The summed E-state index contributed by atoms with van der Waals surface area (Å²) in [5.74, 6) is -0.0965. The highest BCUT2D eigenvalue weighted by Gasteiger charge is 2.12. The van der Waals surface area contributed by atoms with Gasteiger partial charge in [-0.2, -0.15) is 0 Å². The second kappa shape index (κ2) is 4.23. The average molecular weight is 183 g/mol. The SMILES string of the molecule is CCC(N)c1cccc(OC)c1F. The molecule has 0 aromatic heterocycles. The predicted molar refractivity (Wildman–Crippen MR) is 50.2 cm³/mol. The summed E-state index contributed by atoms with van der Waals surface area (Å²) in [6.45, 7) is 1.92. The van der Waals surface area contributed by atoms with Gasteiger partial charge in [0.15, 0.2) is 11.6 Å². The zero-order valence-corrected chi connectivity index (χ0v) is 7.88. The van der Waals surface area contributed by atoms with Gasteiger partial charge >= 0.3 is 0 Å².